The number of aryl methyl sites for hydroxylation is 2. The van der Waals surface area contributed by atoms with E-state index >= 15 is 0 Å². The lowest BCUT2D eigenvalue weighted by Crippen LogP contribution is -2.21. The maximum atomic E-state index is 4.51. The van der Waals surface area contributed by atoms with Crippen molar-refractivity contribution < 1.29 is 0 Å². The van der Waals surface area contributed by atoms with Gasteiger partial charge in [-0.05, 0) is 51.0 Å². The van der Waals surface area contributed by atoms with Gasteiger partial charge in [-0.15, -0.1) is 11.3 Å². The molecule has 3 nitrogen and oxygen atoms in total. The molecule has 0 spiro atoms. The third-order valence-corrected chi connectivity index (χ3v) is 4.32. The Labute approximate surface area is 125 Å². The third-order valence-electron chi connectivity index (χ3n) is 3.26. The molecule has 1 N–H and O–H groups in total. The fourth-order valence-corrected chi connectivity index (χ4v) is 3.26. The first-order valence-electron chi connectivity index (χ1n) is 7.14. The molecule has 0 fully saturated rings. The molecule has 2 aromatic rings. The normalized spacial score (nSPS) is 10.6. The first-order chi connectivity index (χ1) is 9.62. The molecular weight excluding hydrogens is 266 g/mol. The largest absolute Gasteiger partial charge is 0.380 e. The van der Waals surface area contributed by atoms with Crippen LogP contribution in [0.2, 0.25) is 0 Å². The summed E-state index contributed by atoms with van der Waals surface area (Å²) < 4.78 is 0. The van der Waals surface area contributed by atoms with Crippen molar-refractivity contribution in [2.45, 2.75) is 34.2 Å². The molecule has 0 saturated heterocycles. The lowest BCUT2D eigenvalue weighted by Gasteiger charge is -2.16. The van der Waals surface area contributed by atoms with E-state index in [1.54, 1.807) is 11.3 Å². The summed E-state index contributed by atoms with van der Waals surface area (Å²) in [6.45, 7) is 11.4. The molecule has 0 unspecified atom stereocenters. The average molecular weight is 289 g/mol. The highest BCUT2D eigenvalue weighted by Crippen LogP contribution is 2.23. The van der Waals surface area contributed by atoms with Crippen LogP contribution < -0.4 is 10.2 Å². The summed E-state index contributed by atoms with van der Waals surface area (Å²) in [6.07, 6.45) is 1.98. The summed E-state index contributed by atoms with van der Waals surface area (Å²) in [5.41, 5.74) is 3.77. The molecule has 0 aliphatic heterocycles. The number of nitrogens with zero attached hydrogens (tertiary/aromatic N) is 2. The summed E-state index contributed by atoms with van der Waals surface area (Å²) in [6, 6.07) is 6.55. The Hall–Kier alpha value is -1.55. The highest BCUT2D eigenvalue weighted by molar-refractivity contribution is 7.15. The number of hydrogen-bond acceptors (Lipinski definition) is 4. The van der Waals surface area contributed by atoms with E-state index in [2.05, 4.69) is 61.1 Å². The minimum absolute atomic E-state index is 0.835. The highest BCUT2D eigenvalue weighted by atomic mass is 32.1. The SMILES string of the molecule is CCN(CC)c1ncc(CNc2cc(C)cc(C)c2)s1. The predicted molar refractivity (Wildman–Crippen MR) is 88.9 cm³/mol. The van der Waals surface area contributed by atoms with E-state index in [-0.39, 0.29) is 0 Å². The Bertz CT molecular complexity index is 538. The van der Waals surface area contributed by atoms with E-state index in [0.29, 0.717) is 0 Å². The Morgan fingerprint density at radius 1 is 1.10 bits per heavy atom. The van der Waals surface area contributed by atoms with Gasteiger partial charge >= 0.3 is 0 Å². The molecule has 0 atom stereocenters. The van der Waals surface area contributed by atoms with Crippen molar-refractivity contribution in [1.29, 1.82) is 0 Å². The molecule has 0 amide bonds. The van der Waals surface area contributed by atoms with Gasteiger partial charge in [0.05, 0.1) is 6.54 Å². The Balaban J connectivity index is 2.00. The Kier molecular flexibility index (Phi) is 5.01. The molecule has 2 rings (SSSR count). The zero-order valence-corrected chi connectivity index (χ0v) is 13.5. The average Bonchev–Trinajstić information content (AvgIpc) is 2.86. The van der Waals surface area contributed by atoms with Crippen LogP contribution in [0.4, 0.5) is 10.8 Å². The first kappa shape index (κ1) is 14.9. The van der Waals surface area contributed by atoms with E-state index < -0.39 is 0 Å². The molecule has 4 heteroatoms. The van der Waals surface area contributed by atoms with Gasteiger partial charge < -0.3 is 10.2 Å². The molecule has 1 aromatic carbocycles. The monoisotopic (exact) mass is 289 g/mol. The van der Waals surface area contributed by atoms with Crippen molar-refractivity contribution in [2.75, 3.05) is 23.3 Å². The lowest BCUT2D eigenvalue weighted by atomic mass is 10.1. The van der Waals surface area contributed by atoms with Crippen LogP contribution in [0.3, 0.4) is 0 Å². The van der Waals surface area contributed by atoms with Crippen molar-refractivity contribution in [1.82, 2.24) is 4.98 Å². The Morgan fingerprint density at radius 2 is 1.75 bits per heavy atom. The van der Waals surface area contributed by atoms with Crippen LogP contribution in [0.1, 0.15) is 29.9 Å². The smallest absolute Gasteiger partial charge is 0.185 e. The third kappa shape index (κ3) is 3.73. The summed E-state index contributed by atoms with van der Waals surface area (Å²) >= 11 is 1.77. The number of anilines is 2. The first-order valence-corrected chi connectivity index (χ1v) is 7.95. The van der Waals surface area contributed by atoms with E-state index in [1.807, 2.05) is 6.20 Å². The standard InChI is InChI=1S/C16H23N3S/c1-5-19(6-2)16-18-11-15(20-16)10-17-14-8-12(3)7-13(4)9-14/h7-9,11,17H,5-6,10H2,1-4H3. The predicted octanol–water partition coefficient (Wildman–Crippen LogP) is 4.22. The molecule has 1 aromatic heterocycles. The van der Waals surface area contributed by atoms with Gasteiger partial charge in [0, 0.05) is 29.9 Å². The number of aromatic nitrogens is 1. The van der Waals surface area contributed by atoms with Crippen molar-refractivity contribution in [3.63, 3.8) is 0 Å². The molecule has 0 aliphatic carbocycles. The molecule has 0 saturated carbocycles. The van der Waals surface area contributed by atoms with Crippen LogP contribution in [0.25, 0.3) is 0 Å². The molecular formula is C16H23N3S. The highest BCUT2D eigenvalue weighted by Gasteiger charge is 2.07. The van der Waals surface area contributed by atoms with Gasteiger partial charge in [-0.1, -0.05) is 6.07 Å². The van der Waals surface area contributed by atoms with Crippen LogP contribution in [0.15, 0.2) is 24.4 Å². The lowest BCUT2D eigenvalue weighted by molar-refractivity contribution is 0.860. The molecule has 20 heavy (non-hydrogen) atoms. The summed E-state index contributed by atoms with van der Waals surface area (Å²) in [4.78, 5) is 8.06. The van der Waals surface area contributed by atoms with Gasteiger partial charge in [-0.3, -0.25) is 0 Å². The summed E-state index contributed by atoms with van der Waals surface area (Å²) in [5.74, 6) is 0. The number of hydrogen-bond donors (Lipinski definition) is 1. The fourth-order valence-electron chi connectivity index (χ4n) is 2.29. The van der Waals surface area contributed by atoms with Crippen LogP contribution in [-0.4, -0.2) is 18.1 Å². The van der Waals surface area contributed by atoms with Gasteiger partial charge in [0.25, 0.3) is 0 Å². The van der Waals surface area contributed by atoms with E-state index in [1.165, 1.54) is 21.7 Å². The van der Waals surface area contributed by atoms with Crippen LogP contribution >= 0.6 is 11.3 Å². The molecule has 0 aliphatic rings. The zero-order chi connectivity index (χ0) is 14.5. The maximum absolute atomic E-state index is 4.51. The Morgan fingerprint density at radius 3 is 2.35 bits per heavy atom. The molecule has 108 valence electrons. The number of thiazole rings is 1. The number of benzene rings is 1. The second-order valence-electron chi connectivity index (χ2n) is 5.01. The maximum Gasteiger partial charge on any atom is 0.185 e. The fraction of sp³-hybridized carbons (Fsp3) is 0.438. The minimum Gasteiger partial charge on any atom is -0.380 e. The topological polar surface area (TPSA) is 28.2 Å². The van der Waals surface area contributed by atoms with Gasteiger partial charge in [0.15, 0.2) is 5.13 Å². The number of rotatable bonds is 6. The zero-order valence-electron chi connectivity index (χ0n) is 12.7. The molecule has 0 bridgehead atoms. The second-order valence-corrected chi connectivity index (χ2v) is 6.11. The summed E-state index contributed by atoms with van der Waals surface area (Å²) in [5, 5.41) is 4.60. The van der Waals surface area contributed by atoms with Crippen molar-refractivity contribution in [3.05, 3.63) is 40.4 Å². The second kappa shape index (κ2) is 6.75. The molecule has 1 heterocycles. The van der Waals surface area contributed by atoms with Gasteiger partial charge in [0.2, 0.25) is 0 Å². The minimum atomic E-state index is 0.835. The van der Waals surface area contributed by atoms with Crippen molar-refractivity contribution in [3.8, 4) is 0 Å². The van der Waals surface area contributed by atoms with E-state index in [4.69, 9.17) is 0 Å². The van der Waals surface area contributed by atoms with E-state index in [0.717, 1.165) is 24.8 Å². The molecule has 0 radical (unpaired) electrons. The van der Waals surface area contributed by atoms with Crippen LogP contribution in [-0.2, 0) is 6.54 Å². The summed E-state index contributed by atoms with van der Waals surface area (Å²) in [7, 11) is 0. The quantitative estimate of drug-likeness (QED) is 0.863. The number of nitrogens with one attached hydrogen (secondary N) is 1. The van der Waals surface area contributed by atoms with Crippen LogP contribution in [0.5, 0.6) is 0 Å². The van der Waals surface area contributed by atoms with Crippen LogP contribution in [0, 0.1) is 13.8 Å². The van der Waals surface area contributed by atoms with Gasteiger partial charge in [-0.2, -0.15) is 0 Å². The van der Waals surface area contributed by atoms with Gasteiger partial charge in [0.1, 0.15) is 0 Å². The van der Waals surface area contributed by atoms with Gasteiger partial charge in [-0.25, -0.2) is 4.98 Å². The van der Waals surface area contributed by atoms with E-state index in [9.17, 15) is 0 Å². The van der Waals surface area contributed by atoms with Crippen molar-refractivity contribution >= 4 is 22.2 Å². The van der Waals surface area contributed by atoms with Crippen molar-refractivity contribution in [2.24, 2.45) is 0 Å².